The Kier molecular flexibility index (Phi) is 7.02. The van der Waals surface area contributed by atoms with Gasteiger partial charge in [0.2, 0.25) is 0 Å². The van der Waals surface area contributed by atoms with Crippen molar-refractivity contribution in [1.82, 2.24) is 5.32 Å². The fraction of sp³-hybridized carbons (Fsp3) is 0.300. The van der Waals surface area contributed by atoms with E-state index < -0.39 is 5.97 Å². The Morgan fingerprint density at radius 3 is 2.58 bits per heavy atom. The van der Waals surface area contributed by atoms with E-state index in [4.69, 9.17) is 9.47 Å². The zero-order chi connectivity index (χ0) is 18.9. The third kappa shape index (κ3) is 6.12. The van der Waals surface area contributed by atoms with Crippen LogP contribution in [0, 0.1) is 6.92 Å². The van der Waals surface area contributed by atoms with E-state index in [0.717, 1.165) is 17.0 Å². The Balaban J connectivity index is 1.69. The van der Waals surface area contributed by atoms with Gasteiger partial charge in [-0.1, -0.05) is 18.2 Å². The molecule has 26 heavy (non-hydrogen) atoms. The van der Waals surface area contributed by atoms with Crippen LogP contribution in [0.1, 0.15) is 15.9 Å². The molecule has 0 atom stereocenters. The second kappa shape index (κ2) is 9.46. The predicted octanol–water partition coefficient (Wildman–Crippen LogP) is 2.41. The molecule has 2 rings (SSSR count). The molecule has 0 aliphatic rings. The Hall–Kier alpha value is -3.02. The summed E-state index contributed by atoms with van der Waals surface area (Å²) in [7, 11) is 3.77. The van der Waals surface area contributed by atoms with Crippen LogP contribution in [0.15, 0.2) is 48.5 Å². The lowest BCUT2D eigenvalue weighted by molar-refractivity contribution is -0.124. The van der Waals surface area contributed by atoms with Gasteiger partial charge in [-0.2, -0.15) is 0 Å². The first-order chi connectivity index (χ1) is 12.5. The number of benzene rings is 2. The van der Waals surface area contributed by atoms with Gasteiger partial charge in [0.1, 0.15) is 12.4 Å². The number of nitrogens with zero attached hydrogens (tertiary/aromatic N) is 1. The number of amides is 1. The summed E-state index contributed by atoms with van der Waals surface area (Å²) < 4.78 is 10.6. The molecule has 0 fully saturated rings. The normalized spacial score (nSPS) is 10.1. The van der Waals surface area contributed by atoms with Crippen molar-refractivity contribution in [2.24, 2.45) is 0 Å². The average Bonchev–Trinajstić information content (AvgIpc) is 2.63. The van der Waals surface area contributed by atoms with E-state index in [0.29, 0.717) is 18.7 Å². The zero-order valence-electron chi connectivity index (χ0n) is 15.3. The van der Waals surface area contributed by atoms with Gasteiger partial charge in [-0.15, -0.1) is 0 Å². The summed E-state index contributed by atoms with van der Waals surface area (Å²) in [6.07, 6.45) is 0. The molecule has 0 radical (unpaired) electrons. The number of carbonyl (C=O) groups is 2. The molecule has 0 saturated carbocycles. The Labute approximate surface area is 153 Å². The molecule has 0 unspecified atom stereocenters. The van der Waals surface area contributed by atoms with Crippen LogP contribution in [0.25, 0.3) is 0 Å². The molecule has 0 spiro atoms. The highest BCUT2D eigenvalue weighted by molar-refractivity contribution is 5.92. The van der Waals surface area contributed by atoms with Crippen LogP contribution in [-0.4, -0.2) is 45.7 Å². The van der Waals surface area contributed by atoms with Gasteiger partial charge in [0.05, 0.1) is 12.1 Å². The second-order valence-corrected chi connectivity index (χ2v) is 6.04. The quantitative estimate of drug-likeness (QED) is 0.581. The number of esters is 1. The summed E-state index contributed by atoms with van der Waals surface area (Å²) in [5.41, 5.74) is 2.40. The SMILES string of the molecule is Cc1cccc(OCCNC(=O)COC(=O)c2cccc(N(C)C)c2)c1. The number of ether oxygens (including phenoxy) is 2. The molecule has 1 N–H and O–H groups in total. The van der Waals surface area contributed by atoms with Crippen molar-refractivity contribution in [2.75, 3.05) is 38.8 Å². The van der Waals surface area contributed by atoms with Gasteiger partial charge in [-0.05, 0) is 42.8 Å². The van der Waals surface area contributed by atoms with Gasteiger partial charge in [-0.3, -0.25) is 4.79 Å². The maximum Gasteiger partial charge on any atom is 0.338 e. The summed E-state index contributed by atoms with van der Waals surface area (Å²) in [4.78, 5) is 25.7. The Bertz CT molecular complexity index is 759. The van der Waals surface area contributed by atoms with E-state index in [2.05, 4.69) is 5.32 Å². The molecule has 0 aliphatic heterocycles. The molecule has 2 aromatic carbocycles. The molecule has 2 aromatic rings. The van der Waals surface area contributed by atoms with Crippen molar-refractivity contribution in [2.45, 2.75) is 6.92 Å². The number of anilines is 1. The maximum absolute atomic E-state index is 12.0. The van der Waals surface area contributed by atoms with Gasteiger partial charge in [-0.25, -0.2) is 4.79 Å². The summed E-state index contributed by atoms with van der Waals surface area (Å²) in [5, 5.41) is 2.65. The van der Waals surface area contributed by atoms with Gasteiger partial charge in [0, 0.05) is 19.8 Å². The molecule has 6 heteroatoms. The highest BCUT2D eigenvalue weighted by atomic mass is 16.5. The number of hydrogen-bond acceptors (Lipinski definition) is 5. The standard InChI is InChI=1S/C20H24N2O4/c1-15-6-4-9-18(12-15)25-11-10-21-19(23)14-26-20(24)16-7-5-8-17(13-16)22(2)3/h4-9,12-13H,10-11,14H2,1-3H3,(H,21,23). The van der Waals surface area contributed by atoms with Crippen LogP contribution < -0.4 is 15.0 Å². The number of aryl methyl sites for hydroxylation is 1. The highest BCUT2D eigenvalue weighted by Crippen LogP contribution is 2.14. The first-order valence-corrected chi connectivity index (χ1v) is 8.36. The number of hydrogen-bond donors (Lipinski definition) is 1. The summed E-state index contributed by atoms with van der Waals surface area (Å²) in [5.74, 6) is -0.138. The minimum absolute atomic E-state index is 0.324. The van der Waals surface area contributed by atoms with Gasteiger partial charge < -0.3 is 19.7 Å². The Morgan fingerprint density at radius 1 is 1.08 bits per heavy atom. The summed E-state index contributed by atoms with van der Waals surface area (Å²) in [6.45, 7) is 2.33. The number of carbonyl (C=O) groups excluding carboxylic acids is 2. The molecule has 0 saturated heterocycles. The fourth-order valence-corrected chi connectivity index (χ4v) is 2.24. The monoisotopic (exact) mass is 356 g/mol. The molecule has 1 amide bonds. The topological polar surface area (TPSA) is 67.9 Å². The lowest BCUT2D eigenvalue weighted by atomic mass is 10.2. The van der Waals surface area contributed by atoms with Crippen LogP contribution >= 0.6 is 0 Å². The van der Waals surface area contributed by atoms with Crippen LogP contribution in [0.5, 0.6) is 5.75 Å². The molecular weight excluding hydrogens is 332 g/mol. The van der Waals surface area contributed by atoms with Crippen LogP contribution in [0.4, 0.5) is 5.69 Å². The maximum atomic E-state index is 12.0. The molecule has 6 nitrogen and oxygen atoms in total. The van der Waals surface area contributed by atoms with Crippen molar-refractivity contribution in [3.63, 3.8) is 0 Å². The molecule has 138 valence electrons. The molecule has 0 bridgehead atoms. The van der Waals surface area contributed by atoms with E-state index in [-0.39, 0.29) is 12.5 Å². The number of rotatable bonds is 8. The van der Waals surface area contributed by atoms with Crippen molar-refractivity contribution < 1.29 is 19.1 Å². The fourth-order valence-electron chi connectivity index (χ4n) is 2.24. The zero-order valence-corrected chi connectivity index (χ0v) is 15.3. The largest absolute Gasteiger partial charge is 0.492 e. The Morgan fingerprint density at radius 2 is 1.85 bits per heavy atom. The number of nitrogens with one attached hydrogen (secondary N) is 1. The van der Waals surface area contributed by atoms with E-state index >= 15 is 0 Å². The highest BCUT2D eigenvalue weighted by Gasteiger charge is 2.11. The minimum Gasteiger partial charge on any atom is -0.492 e. The lowest BCUT2D eigenvalue weighted by Gasteiger charge is -2.13. The molecule has 0 aliphatic carbocycles. The van der Waals surface area contributed by atoms with Gasteiger partial charge in [0.25, 0.3) is 5.91 Å². The van der Waals surface area contributed by atoms with Crippen molar-refractivity contribution >= 4 is 17.6 Å². The van der Waals surface area contributed by atoms with E-state index in [1.165, 1.54) is 0 Å². The van der Waals surface area contributed by atoms with Gasteiger partial charge >= 0.3 is 5.97 Å². The van der Waals surface area contributed by atoms with Crippen molar-refractivity contribution in [1.29, 1.82) is 0 Å². The summed E-state index contributed by atoms with van der Waals surface area (Å²) in [6, 6.07) is 14.7. The second-order valence-electron chi connectivity index (χ2n) is 6.04. The van der Waals surface area contributed by atoms with Crippen molar-refractivity contribution in [3.8, 4) is 5.75 Å². The third-order valence-corrected chi connectivity index (χ3v) is 3.62. The average molecular weight is 356 g/mol. The third-order valence-electron chi connectivity index (χ3n) is 3.62. The van der Waals surface area contributed by atoms with E-state index in [1.54, 1.807) is 18.2 Å². The predicted molar refractivity (Wildman–Crippen MR) is 101 cm³/mol. The smallest absolute Gasteiger partial charge is 0.338 e. The summed E-state index contributed by atoms with van der Waals surface area (Å²) >= 11 is 0. The minimum atomic E-state index is -0.528. The first-order valence-electron chi connectivity index (χ1n) is 8.36. The van der Waals surface area contributed by atoms with Crippen LogP contribution in [0.3, 0.4) is 0 Å². The molecule has 0 heterocycles. The van der Waals surface area contributed by atoms with Crippen LogP contribution in [-0.2, 0) is 9.53 Å². The van der Waals surface area contributed by atoms with Gasteiger partial charge in [0.15, 0.2) is 6.61 Å². The van der Waals surface area contributed by atoms with E-state index in [9.17, 15) is 9.59 Å². The molecular formula is C20H24N2O4. The van der Waals surface area contributed by atoms with Crippen LogP contribution in [0.2, 0.25) is 0 Å². The first kappa shape index (κ1) is 19.3. The van der Waals surface area contributed by atoms with E-state index in [1.807, 2.05) is 56.3 Å². The molecule has 0 aromatic heterocycles. The van der Waals surface area contributed by atoms with Crippen molar-refractivity contribution in [3.05, 3.63) is 59.7 Å². The lowest BCUT2D eigenvalue weighted by Crippen LogP contribution is -2.32.